The van der Waals surface area contributed by atoms with Gasteiger partial charge in [0.25, 0.3) is 0 Å². The highest BCUT2D eigenvalue weighted by molar-refractivity contribution is 14.1. The molecule has 0 amide bonds. The predicted octanol–water partition coefficient (Wildman–Crippen LogP) is 3.22. The van der Waals surface area contributed by atoms with Crippen LogP contribution < -0.4 is 10.6 Å². The lowest BCUT2D eigenvalue weighted by Crippen LogP contribution is -2.51. The highest BCUT2D eigenvalue weighted by Crippen LogP contribution is 2.30. The first-order valence-electron chi connectivity index (χ1n) is 7.51. The van der Waals surface area contributed by atoms with E-state index >= 15 is 0 Å². The Kier molecular flexibility index (Phi) is 5.30. The van der Waals surface area contributed by atoms with Crippen molar-refractivity contribution >= 4 is 39.7 Å². The summed E-state index contributed by atoms with van der Waals surface area (Å²) in [6.45, 7) is 0.927. The number of aliphatic hydroxyl groups is 1. The third kappa shape index (κ3) is 3.65. The number of rotatable bonds is 5. The number of benzene rings is 2. The topological polar surface area (TPSA) is 61.4 Å². The molecule has 1 aliphatic rings. The van der Waals surface area contributed by atoms with Gasteiger partial charge in [0.05, 0.1) is 11.4 Å². The maximum Gasteiger partial charge on any atom is 0.193 e. The molecule has 0 aliphatic carbocycles. The van der Waals surface area contributed by atoms with E-state index in [1.807, 2.05) is 22.6 Å². The zero-order valence-electron chi connectivity index (χ0n) is 12.8. The van der Waals surface area contributed by atoms with Crippen molar-refractivity contribution in [3.8, 4) is 0 Å². The van der Waals surface area contributed by atoms with E-state index in [1.165, 1.54) is 12.1 Å². The first-order valence-corrected chi connectivity index (χ1v) is 8.59. The summed E-state index contributed by atoms with van der Waals surface area (Å²) in [6.07, 6.45) is -1.34. The number of halogens is 4. The first-order chi connectivity index (χ1) is 11.9. The lowest BCUT2D eigenvalue weighted by molar-refractivity contribution is 0.0505. The average molecular weight is 462 g/mol. The molecule has 4 nitrogen and oxygen atoms in total. The molecule has 8 heteroatoms. The van der Waals surface area contributed by atoms with Crippen LogP contribution in [-0.2, 0) is 0 Å². The quantitative estimate of drug-likeness (QED) is 0.472. The summed E-state index contributed by atoms with van der Waals surface area (Å²) < 4.78 is 42.6. The number of Topliss-reactive ketones (excluding diaryl/α,β-unsaturated/α-hetero) is 1. The lowest BCUT2D eigenvalue weighted by Gasteiger charge is -2.31. The van der Waals surface area contributed by atoms with Gasteiger partial charge in [0.1, 0.15) is 11.9 Å². The van der Waals surface area contributed by atoms with Gasteiger partial charge >= 0.3 is 0 Å². The number of carbonyl (C=O) groups is 1. The molecule has 3 N–H and O–H groups in total. The molecule has 0 bridgehead atoms. The highest BCUT2D eigenvalue weighted by atomic mass is 127. The van der Waals surface area contributed by atoms with Gasteiger partial charge in [-0.1, -0.05) is 0 Å². The van der Waals surface area contributed by atoms with Crippen LogP contribution in [0.2, 0.25) is 0 Å². The van der Waals surface area contributed by atoms with Crippen molar-refractivity contribution in [2.75, 3.05) is 18.4 Å². The number of aliphatic hydroxyl groups excluding tert-OH is 1. The van der Waals surface area contributed by atoms with Crippen molar-refractivity contribution in [2.24, 2.45) is 5.92 Å². The zero-order valence-corrected chi connectivity index (χ0v) is 15.0. The molecule has 1 atom stereocenters. The van der Waals surface area contributed by atoms with Gasteiger partial charge in [-0.2, -0.15) is 0 Å². The second-order valence-electron chi connectivity index (χ2n) is 5.76. The van der Waals surface area contributed by atoms with Crippen LogP contribution >= 0.6 is 22.6 Å². The smallest absolute Gasteiger partial charge is 0.193 e. The molecule has 0 radical (unpaired) electrons. The molecule has 132 valence electrons. The molecule has 1 unspecified atom stereocenters. The average Bonchev–Trinajstić information content (AvgIpc) is 2.52. The summed E-state index contributed by atoms with van der Waals surface area (Å²) in [5, 5.41) is 15.5. The standard InChI is InChI=1S/C17H14F3IN2O2/c18-11-3-2-10(17(25)16(24)8-6-22-7-8)15(14(11)20)23-13-4-1-9(21)5-12(13)19/h1-5,8,16,22-24H,6-7H2. The number of carbonyl (C=O) groups excluding carboxylic acids is 1. The van der Waals surface area contributed by atoms with Crippen LogP contribution in [0.3, 0.4) is 0 Å². The molecule has 3 rings (SSSR count). The van der Waals surface area contributed by atoms with Gasteiger partial charge < -0.3 is 15.7 Å². The van der Waals surface area contributed by atoms with Gasteiger partial charge in [-0.15, -0.1) is 0 Å². The van der Waals surface area contributed by atoms with Crippen LogP contribution in [0.25, 0.3) is 0 Å². The Bertz CT molecular complexity index is 828. The fourth-order valence-corrected chi connectivity index (χ4v) is 2.96. The van der Waals surface area contributed by atoms with Crippen molar-refractivity contribution in [1.29, 1.82) is 0 Å². The normalized spacial score (nSPS) is 15.6. The van der Waals surface area contributed by atoms with E-state index in [4.69, 9.17) is 0 Å². The summed E-state index contributed by atoms with van der Waals surface area (Å²) >= 11 is 1.91. The molecular formula is C17H14F3IN2O2. The predicted molar refractivity (Wildman–Crippen MR) is 95.5 cm³/mol. The van der Waals surface area contributed by atoms with Crippen molar-refractivity contribution in [3.63, 3.8) is 0 Å². The maximum atomic E-state index is 14.3. The summed E-state index contributed by atoms with van der Waals surface area (Å²) in [7, 11) is 0. The van der Waals surface area contributed by atoms with Crippen LogP contribution in [-0.4, -0.2) is 30.1 Å². The van der Waals surface area contributed by atoms with Gasteiger partial charge in [0, 0.05) is 28.1 Å². The van der Waals surface area contributed by atoms with Gasteiger partial charge in [-0.25, -0.2) is 13.2 Å². The largest absolute Gasteiger partial charge is 0.385 e. The van der Waals surface area contributed by atoms with Gasteiger partial charge in [-0.3, -0.25) is 4.79 Å². The summed E-state index contributed by atoms with van der Waals surface area (Å²) in [5.74, 6) is -4.17. The molecular weight excluding hydrogens is 448 g/mol. The second-order valence-corrected chi connectivity index (χ2v) is 7.01. The number of hydrogen-bond donors (Lipinski definition) is 3. The SMILES string of the molecule is O=C(c1ccc(F)c(F)c1Nc1ccc(I)cc1F)C(O)C1CNC1. The maximum absolute atomic E-state index is 14.3. The van der Waals surface area contributed by atoms with E-state index in [2.05, 4.69) is 10.6 Å². The number of anilines is 2. The minimum atomic E-state index is -1.34. The van der Waals surface area contributed by atoms with Gasteiger partial charge in [-0.05, 0) is 52.9 Å². The van der Waals surface area contributed by atoms with Crippen molar-refractivity contribution in [2.45, 2.75) is 6.10 Å². The summed E-state index contributed by atoms with van der Waals surface area (Å²) in [6, 6.07) is 6.06. The first kappa shape index (κ1) is 18.2. The van der Waals surface area contributed by atoms with E-state index < -0.39 is 35.0 Å². The number of hydrogen-bond acceptors (Lipinski definition) is 4. The summed E-state index contributed by atoms with van der Waals surface area (Å²) in [5.41, 5.74) is -0.813. The van der Waals surface area contributed by atoms with Gasteiger partial charge in [0.15, 0.2) is 17.4 Å². The summed E-state index contributed by atoms with van der Waals surface area (Å²) in [4.78, 5) is 12.5. The minimum Gasteiger partial charge on any atom is -0.385 e. The van der Waals surface area contributed by atoms with Gasteiger partial charge in [0.2, 0.25) is 0 Å². The third-order valence-corrected chi connectivity index (χ3v) is 4.75. The van der Waals surface area contributed by atoms with E-state index in [0.29, 0.717) is 16.7 Å². The fourth-order valence-electron chi connectivity index (χ4n) is 2.51. The Labute approximate surface area is 155 Å². The molecule has 0 spiro atoms. The van der Waals surface area contributed by atoms with Crippen LogP contribution in [0.5, 0.6) is 0 Å². The van der Waals surface area contributed by atoms with E-state index in [-0.39, 0.29) is 17.2 Å². The van der Waals surface area contributed by atoms with Crippen LogP contribution in [0.4, 0.5) is 24.5 Å². The Morgan fingerprint density at radius 3 is 2.52 bits per heavy atom. The highest BCUT2D eigenvalue weighted by Gasteiger charge is 2.33. The minimum absolute atomic E-state index is 0.0984. The zero-order chi connectivity index (χ0) is 18.1. The van der Waals surface area contributed by atoms with Crippen molar-refractivity contribution < 1.29 is 23.1 Å². The number of nitrogens with one attached hydrogen (secondary N) is 2. The molecule has 1 saturated heterocycles. The monoisotopic (exact) mass is 462 g/mol. The number of ketones is 1. The Hall–Kier alpha value is -1.65. The molecule has 0 saturated carbocycles. The molecule has 0 aromatic heterocycles. The molecule has 2 aromatic rings. The van der Waals surface area contributed by atoms with Crippen LogP contribution in [0.15, 0.2) is 30.3 Å². The van der Waals surface area contributed by atoms with Crippen molar-refractivity contribution in [3.05, 3.63) is 56.9 Å². The Morgan fingerprint density at radius 1 is 1.20 bits per heavy atom. The molecule has 2 aromatic carbocycles. The van der Waals surface area contributed by atoms with Crippen LogP contribution in [0, 0.1) is 26.9 Å². The second kappa shape index (κ2) is 7.30. The van der Waals surface area contributed by atoms with Crippen molar-refractivity contribution in [1.82, 2.24) is 5.32 Å². The van der Waals surface area contributed by atoms with E-state index in [9.17, 15) is 23.1 Å². The third-order valence-electron chi connectivity index (χ3n) is 4.08. The Balaban J connectivity index is 1.99. The molecule has 1 heterocycles. The fraction of sp³-hybridized carbons (Fsp3) is 0.235. The Morgan fingerprint density at radius 2 is 1.92 bits per heavy atom. The van der Waals surface area contributed by atoms with Crippen LogP contribution in [0.1, 0.15) is 10.4 Å². The van der Waals surface area contributed by atoms with E-state index in [1.54, 1.807) is 6.07 Å². The molecule has 1 aliphatic heterocycles. The molecule has 1 fully saturated rings. The van der Waals surface area contributed by atoms with E-state index in [0.717, 1.165) is 12.1 Å². The lowest BCUT2D eigenvalue weighted by atomic mass is 9.90. The molecule has 25 heavy (non-hydrogen) atoms.